The number of rotatable bonds is 4. The predicted octanol–water partition coefficient (Wildman–Crippen LogP) is 6.84. The molecule has 0 aliphatic rings. The van der Waals surface area contributed by atoms with Crippen molar-refractivity contribution in [1.29, 1.82) is 0 Å². The molecule has 0 rings (SSSR count). The summed E-state index contributed by atoms with van der Waals surface area (Å²) in [6.45, 7) is 17.1. The van der Waals surface area contributed by atoms with E-state index in [-0.39, 0.29) is 0 Å². The maximum Gasteiger partial charge on any atom is -0.0536 e. The minimum Gasteiger partial charge on any atom is -0.0683 e. The largest absolute Gasteiger partial charge is 0.0683 e. The van der Waals surface area contributed by atoms with Gasteiger partial charge in [-0.3, -0.25) is 0 Å². The molecule has 0 atom stereocenters. The van der Waals surface area contributed by atoms with Gasteiger partial charge < -0.3 is 0 Å². The van der Waals surface area contributed by atoms with E-state index >= 15 is 0 Å². The third kappa shape index (κ3) is 126. The molecule has 0 aromatic heterocycles. The maximum atomic E-state index is 2.23. The molecule has 0 unspecified atom stereocenters. The lowest BCUT2D eigenvalue weighted by molar-refractivity contribution is 0.702. The standard InChI is InChI=1S/C6H14.C4H10.C3H8.C2H6/c1-3-5-6-4-2;1-3-4-2;1-3-2;1-2/h3-6H2,1-2H3;3-4H2,1-2H3;3H2,1-2H3;1-2H3. The van der Waals surface area contributed by atoms with E-state index in [0.29, 0.717) is 0 Å². The zero-order valence-electron chi connectivity index (χ0n) is 12.9. The van der Waals surface area contributed by atoms with Crippen molar-refractivity contribution in [3.63, 3.8) is 0 Å². The number of hydrogen-bond donors (Lipinski definition) is 0. The first-order valence-electron chi connectivity index (χ1n) is 7.24. The summed E-state index contributed by atoms with van der Waals surface area (Å²) in [4.78, 5) is 0. The van der Waals surface area contributed by atoms with Gasteiger partial charge in [0.15, 0.2) is 0 Å². The molecule has 0 amide bonds. The van der Waals surface area contributed by atoms with E-state index < -0.39 is 0 Å². The Morgan fingerprint density at radius 3 is 0.733 bits per heavy atom. The molecule has 0 saturated heterocycles. The van der Waals surface area contributed by atoms with Crippen molar-refractivity contribution in [3.05, 3.63) is 0 Å². The van der Waals surface area contributed by atoms with Gasteiger partial charge in [-0.1, -0.05) is 100 Å². The molecule has 98 valence electrons. The summed E-state index contributed by atoms with van der Waals surface area (Å²) in [5, 5.41) is 0. The first kappa shape index (κ1) is 24.3. The second-order valence-electron chi connectivity index (χ2n) is 3.41. The quantitative estimate of drug-likeness (QED) is 0.453. The minimum atomic E-state index is 1.25. The van der Waals surface area contributed by atoms with Gasteiger partial charge >= 0.3 is 0 Å². The molecule has 0 heteroatoms. The molecule has 0 bridgehead atoms. The number of unbranched alkanes of at least 4 members (excludes halogenated alkanes) is 4. The highest BCUT2D eigenvalue weighted by atomic mass is 13.8. The van der Waals surface area contributed by atoms with Crippen LogP contribution in [0.5, 0.6) is 0 Å². The summed E-state index contributed by atoms with van der Waals surface area (Å²) in [6.07, 6.45) is 9.43. The fourth-order valence-electron chi connectivity index (χ4n) is 0.500. The van der Waals surface area contributed by atoms with Crippen molar-refractivity contribution in [2.75, 3.05) is 0 Å². The molecule has 0 aliphatic carbocycles. The lowest BCUT2D eigenvalue weighted by Gasteiger charge is -1.86. The van der Waals surface area contributed by atoms with E-state index in [1.807, 2.05) is 13.8 Å². The maximum absolute atomic E-state index is 2.23. The molecule has 0 radical (unpaired) electrons. The van der Waals surface area contributed by atoms with Gasteiger partial charge in [0, 0.05) is 0 Å². The third-order valence-corrected chi connectivity index (χ3v) is 1.46. The van der Waals surface area contributed by atoms with Crippen molar-refractivity contribution in [1.82, 2.24) is 0 Å². The van der Waals surface area contributed by atoms with Crippen LogP contribution in [0.2, 0.25) is 0 Å². The van der Waals surface area contributed by atoms with Gasteiger partial charge in [0.1, 0.15) is 0 Å². The molecule has 0 nitrogen and oxygen atoms in total. The lowest BCUT2D eigenvalue weighted by atomic mass is 10.2. The van der Waals surface area contributed by atoms with Crippen LogP contribution < -0.4 is 0 Å². The average molecular weight is 218 g/mol. The Kier molecular flexibility index (Phi) is 78.2. The predicted molar refractivity (Wildman–Crippen MR) is 77.7 cm³/mol. The van der Waals surface area contributed by atoms with Crippen LogP contribution in [0.3, 0.4) is 0 Å². The van der Waals surface area contributed by atoms with Crippen molar-refractivity contribution in [2.45, 2.75) is 100 Å². The highest BCUT2D eigenvalue weighted by Crippen LogP contribution is 1.95. The van der Waals surface area contributed by atoms with Crippen molar-refractivity contribution in [3.8, 4) is 0 Å². The fraction of sp³-hybridized carbons (Fsp3) is 1.00. The van der Waals surface area contributed by atoms with E-state index in [9.17, 15) is 0 Å². The first-order valence-corrected chi connectivity index (χ1v) is 7.24. The van der Waals surface area contributed by atoms with Crippen molar-refractivity contribution in [2.24, 2.45) is 0 Å². The summed E-state index contributed by atoms with van der Waals surface area (Å²) in [6, 6.07) is 0. The Morgan fingerprint density at radius 1 is 0.467 bits per heavy atom. The monoisotopic (exact) mass is 218 g/mol. The Morgan fingerprint density at radius 2 is 0.667 bits per heavy atom. The van der Waals surface area contributed by atoms with Crippen LogP contribution in [-0.2, 0) is 0 Å². The SMILES string of the molecule is CC.CCC.CCCC.CCCCCC. The molecule has 0 spiro atoms. The lowest BCUT2D eigenvalue weighted by Crippen LogP contribution is -1.66. The van der Waals surface area contributed by atoms with Crippen LogP contribution in [0.15, 0.2) is 0 Å². The van der Waals surface area contributed by atoms with E-state index in [0.717, 1.165) is 0 Å². The van der Waals surface area contributed by atoms with Crippen LogP contribution in [-0.4, -0.2) is 0 Å². The average Bonchev–Trinajstić information content (AvgIpc) is 2.30. The van der Waals surface area contributed by atoms with Crippen LogP contribution in [0.25, 0.3) is 0 Å². The normalized spacial score (nSPS) is 7.20. The summed E-state index contributed by atoms with van der Waals surface area (Å²) in [5.41, 5.74) is 0. The van der Waals surface area contributed by atoms with E-state index in [4.69, 9.17) is 0 Å². The molecule has 0 aliphatic heterocycles. The summed E-state index contributed by atoms with van der Waals surface area (Å²) >= 11 is 0. The summed E-state index contributed by atoms with van der Waals surface area (Å²) in [7, 11) is 0. The third-order valence-electron chi connectivity index (χ3n) is 1.46. The zero-order chi connectivity index (χ0) is 12.9. The van der Waals surface area contributed by atoms with Crippen LogP contribution in [0.1, 0.15) is 100 Å². The van der Waals surface area contributed by atoms with Gasteiger partial charge in [-0.15, -0.1) is 0 Å². The zero-order valence-corrected chi connectivity index (χ0v) is 12.9. The summed E-state index contributed by atoms with van der Waals surface area (Å²) < 4.78 is 0. The highest BCUT2D eigenvalue weighted by molar-refractivity contribution is 4.31. The fourth-order valence-corrected chi connectivity index (χ4v) is 0.500. The Balaban J connectivity index is -0.0000000590. The topological polar surface area (TPSA) is 0 Å². The van der Waals surface area contributed by atoms with E-state index in [2.05, 4.69) is 41.5 Å². The van der Waals surface area contributed by atoms with Gasteiger partial charge in [0.05, 0.1) is 0 Å². The van der Waals surface area contributed by atoms with Gasteiger partial charge in [0.25, 0.3) is 0 Å². The van der Waals surface area contributed by atoms with Crippen LogP contribution >= 0.6 is 0 Å². The Hall–Kier alpha value is 0. The molecule has 0 N–H and O–H groups in total. The number of hydrogen-bond acceptors (Lipinski definition) is 0. The first-order chi connectivity index (χ1) is 7.24. The van der Waals surface area contributed by atoms with Crippen molar-refractivity contribution >= 4 is 0 Å². The second kappa shape index (κ2) is 48.3. The van der Waals surface area contributed by atoms with Crippen LogP contribution in [0, 0.1) is 0 Å². The molecule has 0 aromatic carbocycles. The smallest absolute Gasteiger partial charge is 0.0536 e. The van der Waals surface area contributed by atoms with Crippen molar-refractivity contribution < 1.29 is 0 Å². The molecule has 15 heavy (non-hydrogen) atoms. The molecule has 0 saturated carbocycles. The minimum absolute atomic E-state index is 1.25. The van der Waals surface area contributed by atoms with Gasteiger partial charge in [0.2, 0.25) is 0 Å². The van der Waals surface area contributed by atoms with Crippen LogP contribution in [0.4, 0.5) is 0 Å². The summed E-state index contributed by atoms with van der Waals surface area (Å²) in [5.74, 6) is 0. The van der Waals surface area contributed by atoms with Gasteiger partial charge in [-0.05, 0) is 0 Å². The van der Waals surface area contributed by atoms with E-state index in [1.165, 1.54) is 44.9 Å². The molecule has 0 fully saturated rings. The Labute approximate surface area is 101 Å². The van der Waals surface area contributed by atoms with Gasteiger partial charge in [-0.25, -0.2) is 0 Å². The Bertz CT molecular complexity index is 33.3. The molecular formula is C15H38. The second-order valence-corrected chi connectivity index (χ2v) is 3.41. The molecule has 0 heterocycles. The van der Waals surface area contributed by atoms with E-state index in [1.54, 1.807) is 0 Å². The molecular weight excluding hydrogens is 180 g/mol. The highest BCUT2D eigenvalue weighted by Gasteiger charge is 1.75. The van der Waals surface area contributed by atoms with Gasteiger partial charge in [-0.2, -0.15) is 0 Å². The molecule has 0 aromatic rings.